The molecule has 3 heteroatoms. The first kappa shape index (κ1) is 18.5. The zero-order valence-electron chi connectivity index (χ0n) is 14.9. The zero-order chi connectivity index (χ0) is 17.2. The van der Waals surface area contributed by atoms with Crippen molar-refractivity contribution in [1.82, 2.24) is 5.32 Å². The number of hydrogen-bond donors (Lipinski definition) is 2. The lowest BCUT2D eigenvalue weighted by atomic mass is 9.98. The quantitative estimate of drug-likeness (QED) is 0.696. The number of methoxy groups -OCH3 is 1. The predicted octanol–water partition coefficient (Wildman–Crippen LogP) is 3.91. The number of rotatable bonds is 10. The molecule has 0 bridgehead atoms. The molecule has 0 aromatic heterocycles. The van der Waals surface area contributed by atoms with Crippen LogP contribution in [0.1, 0.15) is 37.3 Å². The first-order valence-corrected chi connectivity index (χ1v) is 8.88. The summed E-state index contributed by atoms with van der Waals surface area (Å²) in [6.45, 7) is 3.00. The fraction of sp³-hybridized carbons (Fsp3) is 0.429. The molecule has 0 heterocycles. The van der Waals surface area contributed by atoms with Crippen molar-refractivity contribution in [3.8, 4) is 5.75 Å². The van der Waals surface area contributed by atoms with Crippen molar-refractivity contribution in [2.24, 2.45) is 5.73 Å². The van der Waals surface area contributed by atoms with Gasteiger partial charge in [-0.05, 0) is 48.9 Å². The minimum absolute atomic E-state index is 0.194. The molecule has 3 nitrogen and oxygen atoms in total. The number of hydrogen-bond acceptors (Lipinski definition) is 3. The molecule has 0 saturated heterocycles. The molecule has 2 aromatic rings. The van der Waals surface area contributed by atoms with E-state index in [0.717, 1.165) is 38.0 Å². The summed E-state index contributed by atoms with van der Waals surface area (Å²) in [5.41, 5.74) is 8.98. The first-order chi connectivity index (χ1) is 11.7. The number of aryl methyl sites for hydroxylation is 1. The Morgan fingerprint density at radius 1 is 1.00 bits per heavy atom. The van der Waals surface area contributed by atoms with E-state index in [9.17, 15) is 0 Å². The van der Waals surface area contributed by atoms with Gasteiger partial charge < -0.3 is 15.8 Å². The van der Waals surface area contributed by atoms with Gasteiger partial charge in [0.2, 0.25) is 0 Å². The van der Waals surface area contributed by atoms with Crippen LogP contribution in [0.25, 0.3) is 0 Å². The summed E-state index contributed by atoms with van der Waals surface area (Å²) >= 11 is 0. The van der Waals surface area contributed by atoms with Gasteiger partial charge in [0.05, 0.1) is 7.11 Å². The first-order valence-electron chi connectivity index (χ1n) is 8.88. The Balaban J connectivity index is 1.83. The average molecular weight is 326 g/mol. The summed E-state index contributed by atoms with van der Waals surface area (Å²) in [4.78, 5) is 0. The third-order valence-electron chi connectivity index (χ3n) is 4.54. The van der Waals surface area contributed by atoms with E-state index in [2.05, 4.69) is 54.7 Å². The van der Waals surface area contributed by atoms with Crippen LogP contribution in [0.4, 0.5) is 0 Å². The molecular formula is C21H30N2O. The second-order valence-corrected chi connectivity index (χ2v) is 6.29. The maximum atomic E-state index is 6.32. The highest BCUT2D eigenvalue weighted by Gasteiger charge is 2.15. The minimum Gasteiger partial charge on any atom is -0.497 e. The van der Waals surface area contributed by atoms with E-state index in [4.69, 9.17) is 10.5 Å². The number of ether oxygens (including phenoxy) is 1. The second kappa shape index (κ2) is 10.1. The number of nitrogens with one attached hydrogen (secondary N) is 1. The van der Waals surface area contributed by atoms with E-state index in [1.165, 1.54) is 11.1 Å². The van der Waals surface area contributed by atoms with Crippen LogP contribution in [0.2, 0.25) is 0 Å². The van der Waals surface area contributed by atoms with E-state index >= 15 is 0 Å². The Morgan fingerprint density at radius 3 is 2.33 bits per heavy atom. The van der Waals surface area contributed by atoms with E-state index in [-0.39, 0.29) is 6.04 Å². The van der Waals surface area contributed by atoms with Gasteiger partial charge in [-0.25, -0.2) is 0 Å². The SMILES string of the molecule is CCC(N)C(CCCc1ccccc1)NCc1ccc(OC)cc1. The van der Waals surface area contributed by atoms with Crippen molar-refractivity contribution in [2.45, 2.75) is 51.2 Å². The molecule has 24 heavy (non-hydrogen) atoms. The van der Waals surface area contributed by atoms with Crippen molar-refractivity contribution in [3.05, 3.63) is 65.7 Å². The number of nitrogens with two attached hydrogens (primary N) is 1. The second-order valence-electron chi connectivity index (χ2n) is 6.29. The summed E-state index contributed by atoms with van der Waals surface area (Å²) in [5, 5.41) is 3.64. The highest BCUT2D eigenvalue weighted by molar-refractivity contribution is 5.27. The topological polar surface area (TPSA) is 47.3 Å². The normalized spacial score (nSPS) is 13.5. The molecule has 0 fully saturated rings. The van der Waals surface area contributed by atoms with Crippen molar-refractivity contribution < 1.29 is 4.74 Å². The van der Waals surface area contributed by atoms with Crippen molar-refractivity contribution in [3.63, 3.8) is 0 Å². The van der Waals surface area contributed by atoms with Crippen LogP contribution in [-0.4, -0.2) is 19.2 Å². The van der Waals surface area contributed by atoms with Gasteiger partial charge in [-0.3, -0.25) is 0 Å². The Morgan fingerprint density at radius 2 is 1.71 bits per heavy atom. The van der Waals surface area contributed by atoms with Crippen LogP contribution >= 0.6 is 0 Å². The highest BCUT2D eigenvalue weighted by Crippen LogP contribution is 2.13. The lowest BCUT2D eigenvalue weighted by molar-refractivity contribution is 0.387. The smallest absolute Gasteiger partial charge is 0.118 e. The maximum absolute atomic E-state index is 6.32. The van der Waals surface area contributed by atoms with Crippen LogP contribution in [0.3, 0.4) is 0 Å². The summed E-state index contributed by atoms with van der Waals surface area (Å²) in [7, 11) is 1.69. The molecule has 2 rings (SSSR count). The Kier molecular flexibility index (Phi) is 7.80. The van der Waals surface area contributed by atoms with Crippen molar-refractivity contribution in [1.29, 1.82) is 0 Å². The zero-order valence-corrected chi connectivity index (χ0v) is 14.9. The molecule has 2 atom stereocenters. The van der Waals surface area contributed by atoms with E-state index in [1.807, 2.05) is 12.1 Å². The Labute approximate surface area is 146 Å². The number of benzene rings is 2. The van der Waals surface area contributed by atoms with E-state index in [1.54, 1.807) is 7.11 Å². The van der Waals surface area contributed by atoms with Gasteiger partial charge in [-0.2, -0.15) is 0 Å². The third-order valence-corrected chi connectivity index (χ3v) is 4.54. The average Bonchev–Trinajstić information content (AvgIpc) is 2.65. The predicted molar refractivity (Wildman–Crippen MR) is 101 cm³/mol. The fourth-order valence-electron chi connectivity index (χ4n) is 2.92. The summed E-state index contributed by atoms with van der Waals surface area (Å²) in [5.74, 6) is 0.892. The van der Waals surface area contributed by atoms with Gasteiger partial charge in [0.1, 0.15) is 5.75 Å². The van der Waals surface area contributed by atoms with Crippen LogP contribution in [-0.2, 0) is 13.0 Å². The largest absolute Gasteiger partial charge is 0.497 e. The lowest BCUT2D eigenvalue weighted by Crippen LogP contribution is -2.44. The molecule has 0 aliphatic rings. The Hall–Kier alpha value is -1.84. The highest BCUT2D eigenvalue weighted by atomic mass is 16.5. The monoisotopic (exact) mass is 326 g/mol. The van der Waals surface area contributed by atoms with Gasteiger partial charge in [0, 0.05) is 18.6 Å². The van der Waals surface area contributed by atoms with Gasteiger partial charge >= 0.3 is 0 Å². The molecule has 0 saturated carbocycles. The van der Waals surface area contributed by atoms with E-state index in [0.29, 0.717) is 6.04 Å². The summed E-state index contributed by atoms with van der Waals surface area (Å²) in [6, 6.07) is 19.4. The molecular weight excluding hydrogens is 296 g/mol. The Bertz CT molecular complexity index is 568. The molecule has 0 aliphatic carbocycles. The van der Waals surface area contributed by atoms with Gasteiger partial charge in [-0.1, -0.05) is 49.4 Å². The molecule has 0 amide bonds. The van der Waals surface area contributed by atoms with Crippen LogP contribution in [0.15, 0.2) is 54.6 Å². The molecule has 0 aliphatic heterocycles. The van der Waals surface area contributed by atoms with Gasteiger partial charge in [0.15, 0.2) is 0 Å². The van der Waals surface area contributed by atoms with Crippen LogP contribution in [0.5, 0.6) is 5.75 Å². The van der Waals surface area contributed by atoms with Crippen molar-refractivity contribution in [2.75, 3.05) is 7.11 Å². The molecule has 0 spiro atoms. The van der Waals surface area contributed by atoms with Crippen molar-refractivity contribution >= 4 is 0 Å². The van der Waals surface area contributed by atoms with Gasteiger partial charge in [0.25, 0.3) is 0 Å². The summed E-state index contributed by atoms with van der Waals surface area (Å²) < 4.78 is 5.21. The van der Waals surface area contributed by atoms with Gasteiger partial charge in [-0.15, -0.1) is 0 Å². The standard InChI is InChI=1S/C21H30N2O/c1-3-20(22)21(11-7-10-17-8-5-4-6-9-17)23-16-18-12-14-19(24-2)15-13-18/h4-6,8-9,12-15,20-21,23H,3,7,10-11,16,22H2,1-2H3. The minimum atomic E-state index is 0.194. The van der Waals surface area contributed by atoms with Crippen LogP contribution < -0.4 is 15.8 Å². The molecule has 2 unspecified atom stereocenters. The fourth-order valence-corrected chi connectivity index (χ4v) is 2.92. The molecule has 2 aromatic carbocycles. The van der Waals surface area contributed by atoms with E-state index < -0.39 is 0 Å². The van der Waals surface area contributed by atoms with Crippen LogP contribution in [0, 0.1) is 0 Å². The molecule has 3 N–H and O–H groups in total. The lowest BCUT2D eigenvalue weighted by Gasteiger charge is -2.24. The molecule has 130 valence electrons. The molecule has 0 radical (unpaired) electrons. The maximum Gasteiger partial charge on any atom is 0.118 e. The third kappa shape index (κ3) is 5.99. The summed E-state index contributed by atoms with van der Waals surface area (Å²) in [6.07, 6.45) is 4.35.